The van der Waals surface area contributed by atoms with Crippen LogP contribution in [0.15, 0.2) is 29.3 Å². The number of amidine groups is 1. The van der Waals surface area contributed by atoms with Gasteiger partial charge in [0.2, 0.25) is 0 Å². The molecule has 0 spiro atoms. The number of nitrogens with zero attached hydrogens (tertiary/aromatic N) is 1. The topological polar surface area (TPSA) is 102 Å². The molecular formula is C9H19N5. The van der Waals surface area contributed by atoms with Crippen molar-refractivity contribution in [2.24, 2.45) is 22.2 Å². The molecule has 0 aromatic heterocycles. The van der Waals surface area contributed by atoms with Crippen molar-refractivity contribution in [3.63, 3.8) is 0 Å². The fraction of sp³-hybridized carbons (Fsp3) is 0.444. The van der Waals surface area contributed by atoms with E-state index in [9.17, 15) is 0 Å². The van der Waals surface area contributed by atoms with E-state index in [1.165, 1.54) is 6.20 Å². The second kappa shape index (κ2) is 4.66. The van der Waals surface area contributed by atoms with E-state index in [0.717, 1.165) is 0 Å². The van der Waals surface area contributed by atoms with E-state index < -0.39 is 5.54 Å². The summed E-state index contributed by atoms with van der Waals surface area (Å²) in [5.41, 5.74) is 16.9. The summed E-state index contributed by atoms with van der Waals surface area (Å²) in [6.45, 7) is 8.76. The first-order chi connectivity index (χ1) is 6.29. The van der Waals surface area contributed by atoms with Crippen molar-refractivity contribution in [2.75, 3.05) is 0 Å². The van der Waals surface area contributed by atoms with E-state index >= 15 is 0 Å². The Morgan fingerprint density at radius 2 is 1.93 bits per heavy atom. The summed E-state index contributed by atoms with van der Waals surface area (Å²) < 4.78 is 0. The third-order valence-corrected chi connectivity index (χ3v) is 1.48. The molecule has 14 heavy (non-hydrogen) atoms. The van der Waals surface area contributed by atoms with Crippen LogP contribution in [0.4, 0.5) is 0 Å². The lowest BCUT2D eigenvalue weighted by Crippen LogP contribution is -2.40. The molecule has 0 aliphatic carbocycles. The van der Waals surface area contributed by atoms with Crippen molar-refractivity contribution in [1.82, 2.24) is 5.32 Å². The maximum absolute atomic E-state index is 5.82. The molecule has 0 unspecified atom stereocenters. The van der Waals surface area contributed by atoms with Crippen LogP contribution in [-0.2, 0) is 0 Å². The molecule has 0 saturated heterocycles. The molecule has 7 N–H and O–H groups in total. The van der Waals surface area contributed by atoms with Crippen LogP contribution in [-0.4, -0.2) is 11.4 Å². The van der Waals surface area contributed by atoms with E-state index in [-0.39, 0.29) is 0 Å². The predicted octanol–water partition coefficient (Wildman–Crippen LogP) is -0.0383. The zero-order chi connectivity index (χ0) is 11.4. The van der Waals surface area contributed by atoms with Crippen LogP contribution in [0.1, 0.15) is 20.8 Å². The van der Waals surface area contributed by atoms with Crippen molar-refractivity contribution in [2.45, 2.75) is 26.3 Å². The molecule has 0 aromatic rings. The quantitative estimate of drug-likeness (QED) is 0.375. The van der Waals surface area contributed by atoms with Gasteiger partial charge in [-0.25, -0.2) is 4.99 Å². The monoisotopic (exact) mass is 197 g/mol. The lowest BCUT2D eigenvalue weighted by Gasteiger charge is -2.21. The number of rotatable bonds is 4. The minimum absolute atomic E-state index is 0.404. The average Bonchev–Trinajstić information content (AvgIpc) is 2.00. The fourth-order valence-electron chi connectivity index (χ4n) is 0.748. The van der Waals surface area contributed by atoms with E-state index in [4.69, 9.17) is 17.2 Å². The molecule has 0 heterocycles. The summed E-state index contributed by atoms with van der Waals surface area (Å²) >= 11 is 0. The highest BCUT2D eigenvalue weighted by Gasteiger charge is 2.18. The van der Waals surface area contributed by atoms with Crippen LogP contribution < -0.4 is 22.5 Å². The van der Waals surface area contributed by atoms with Crippen LogP contribution >= 0.6 is 0 Å². The zero-order valence-electron chi connectivity index (χ0n) is 8.96. The molecule has 0 atom stereocenters. The fourth-order valence-corrected chi connectivity index (χ4v) is 0.748. The summed E-state index contributed by atoms with van der Waals surface area (Å²) in [5.74, 6) is 0.842. The SMILES string of the molecule is C=CNC(/N=C(\C)N)=C(\N)C(C)(C)N. The predicted molar refractivity (Wildman–Crippen MR) is 60.1 cm³/mol. The van der Waals surface area contributed by atoms with Gasteiger partial charge in [-0.3, -0.25) is 0 Å². The molecule has 0 aromatic carbocycles. The van der Waals surface area contributed by atoms with Gasteiger partial charge in [0.25, 0.3) is 0 Å². The molecular weight excluding hydrogens is 178 g/mol. The van der Waals surface area contributed by atoms with E-state index in [0.29, 0.717) is 17.4 Å². The molecule has 0 amide bonds. The summed E-state index contributed by atoms with van der Waals surface area (Å²) in [7, 11) is 0. The Labute approximate surface area is 84.7 Å². The molecule has 0 fully saturated rings. The molecule has 5 nitrogen and oxygen atoms in total. The smallest absolute Gasteiger partial charge is 0.152 e. The first-order valence-corrected chi connectivity index (χ1v) is 4.26. The Morgan fingerprint density at radius 1 is 1.43 bits per heavy atom. The average molecular weight is 197 g/mol. The molecule has 0 rings (SSSR count). The molecule has 80 valence electrons. The Hall–Kier alpha value is -1.49. The van der Waals surface area contributed by atoms with Crippen LogP contribution in [0.5, 0.6) is 0 Å². The lowest BCUT2D eigenvalue weighted by atomic mass is 10.0. The number of nitrogens with one attached hydrogen (secondary N) is 1. The first-order valence-electron chi connectivity index (χ1n) is 4.26. The molecule has 0 bridgehead atoms. The van der Waals surface area contributed by atoms with E-state index in [1.807, 2.05) is 0 Å². The van der Waals surface area contributed by atoms with Gasteiger partial charge in [-0.1, -0.05) is 6.58 Å². The van der Waals surface area contributed by atoms with Gasteiger partial charge in [0.1, 0.15) is 0 Å². The summed E-state index contributed by atoms with van der Waals surface area (Å²) in [5, 5.41) is 2.79. The molecule has 0 aliphatic rings. The highest BCUT2D eigenvalue weighted by atomic mass is 15.1. The van der Waals surface area contributed by atoms with E-state index in [1.54, 1.807) is 20.8 Å². The maximum Gasteiger partial charge on any atom is 0.152 e. The van der Waals surface area contributed by atoms with Crippen molar-refractivity contribution in [1.29, 1.82) is 0 Å². The van der Waals surface area contributed by atoms with Crippen LogP contribution in [0.2, 0.25) is 0 Å². The van der Waals surface area contributed by atoms with Gasteiger partial charge in [-0.05, 0) is 27.0 Å². The minimum Gasteiger partial charge on any atom is -0.398 e. The van der Waals surface area contributed by atoms with Gasteiger partial charge in [-0.2, -0.15) is 0 Å². The maximum atomic E-state index is 5.82. The number of hydrogen-bond acceptors (Lipinski definition) is 4. The minimum atomic E-state index is -0.649. The standard InChI is InChI=1S/C9H19N5/c1-5-13-8(14-6(2)10)7(11)9(3,4)12/h5,13H,1,11-12H2,2-4H3,(H2,10,14)/b8-7+. The Balaban J connectivity index is 5.16. The van der Waals surface area contributed by atoms with Crippen molar-refractivity contribution in [3.05, 3.63) is 24.3 Å². The normalized spacial score (nSPS) is 14.7. The van der Waals surface area contributed by atoms with Gasteiger partial charge in [0.15, 0.2) is 5.82 Å². The van der Waals surface area contributed by atoms with Gasteiger partial charge >= 0.3 is 0 Å². The van der Waals surface area contributed by atoms with Gasteiger partial charge in [0.05, 0.1) is 17.1 Å². The summed E-state index contributed by atoms with van der Waals surface area (Å²) in [6.07, 6.45) is 1.47. The second-order valence-electron chi connectivity index (χ2n) is 3.59. The van der Waals surface area contributed by atoms with Crippen molar-refractivity contribution >= 4 is 5.84 Å². The third-order valence-electron chi connectivity index (χ3n) is 1.48. The lowest BCUT2D eigenvalue weighted by molar-refractivity contribution is 0.590. The summed E-state index contributed by atoms with van der Waals surface area (Å²) in [4.78, 5) is 4.02. The van der Waals surface area contributed by atoms with Crippen LogP contribution in [0.3, 0.4) is 0 Å². The van der Waals surface area contributed by atoms with Crippen molar-refractivity contribution in [3.8, 4) is 0 Å². The van der Waals surface area contributed by atoms with Gasteiger partial charge in [0, 0.05) is 0 Å². The molecule has 0 radical (unpaired) electrons. The van der Waals surface area contributed by atoms with Crippen LogP contribution in [0.25, 0.3) is 0 Å². The highest BCUT2D eigenvalue weighted by molar-refractivity contribution is 5.78. The van der Waals surface area contributed by atoms with E-state index in [2.05, 4.69) is 16.9 Å². The highest BCUT2D eigenvalue weighted by Crippen LogP contribution is 2.10. The number of hydrogen-bond donors (Lipinski definition) is 4. The first kappa shape index (κ1) is 12.5. The summed E-state index contributed by atoms with van der Waals surface area (Å²) in [6, 6.07) is 0. The van der Waals surface area contributed by atoms with Crippen LogP contribution in [0, 0.1) is 0 Å². The Morgan fingerprint density at radius 3 is 2.21 bits per heavy atom. The van der Waals surface area contributed by atoms with Crippen molar-refractivity contribution < 1.29 is 0 Å². The Bertz CT molecular complexity index is 265. The van der Waals surface area contributed by atoms with Gasteiger partial charge in [-0.15, -0.1) is 0 Å². The molecule has 0 aliphatic heterocycles. The Kier molecular flexibility index (Phi) is 4.17. The van der Waals surface area contributed by atoms with Gasteiger partial charge < -0.3 is 22.5 Å². The molecule has 5 heteroatoms. The third kappa shape index (κ3) is 3.95. The molecule has 0 saturated carbocycles. The number of nitrogens with two attached hydrogens (primary N) is 3. The second-order valence-corrected chi connectivity index (χ2v) is 3.59. The largest absolute Gasteiger partial charge is 0.398 e. The number of aliphatic imine (C=N–C) groups is 1. The zero-order valence-corrected chi connectivity index (χ0v) is 8.96.